The summed E-state index contributed by atoms with van der Waals surface area (Å²) in [6.07, 6.45) is 2.09. The molecule has 7 heteroatoms. The lowest BCUT2D eigenvalue weighted by Gasteiger charge is -2.22. The Morgan fingerprint density at radius 1 is 0.939 bits per heavy atom. The molecule has 0 atom stereocenters. The summed E-state index contributed by atoms with van der Waals surface area (Å²) < 4.78 is 16.4. The molecular weight excluding hydrogens is 435 g/mol. The summed E-state index contributed by atoms with van der Waals surface area (Å²) in [5.41, 5.74) is 2.31. The lowest BCUT2D eigenvalue weighted by Crippen LogP contribution is -2.34. The summed E-state index contributed by atoms with van der Waals surface area (Å²) in [6.45, 7) is 0.608. The molecule has 33 heavy (non-hydrogen) atoms. The highest BCUT2D eigenvalue weighted by Crippen LogP contribution is 2.32. The van der Waals surface area contributed by atoms with Gasteiger partial charge in [0, 0.05) is 18.3 Å². The summed E-state index contributed by atoms with van der Waals surface area (Å²) >= 11 is 1.33. The number of hydrogen-bond acceptors (Lipinski definition) is 4. The van der Waals surface area contributed by atoms with Crippen molar-refractivity contribution in [1.82, 2.24) is 19.7 Å². The van der Waals surface area contributed by atoms with Crippen molar-refractivity contribution < 1.29 is 9.18 Å². The van der Waals surface area contributed by atoms with Crippen molar-refractivity contribution in [3.8, 4) is 17.1 Å². The molecule has 5 nitrogen and oxygen atoms in total. The molecule has 1 amide bonds. The van der Waals surface area contributed by atoms with Gasteiger partial charge in [-0.1, -0.05) is 72.4 Å². The van der Waals surface area contributed by atoms with Crippen LogP contribution in [-0.4, -0.2) is 37.4 Å². The minimum Gasteiger partial charge on any atom is -0.335 e. The van der Waals surface area contributed by atoms with Crippen molar-refractivity contribution in [2.75, 3.05) is 5.75 Å². The van der Waals surface area contributed by atoms with Crippen molar-refractivity contribution in [2.45, 2.75) is 30.6 Å². The smallest absolute Gasteiger partial charge is 0.233 e. The number of aromatic nitrogens is 3. The van der Waals surface area contributed by atoms with Gasteiger partial charge in [-0.15, -0.1) is 10.2 Å². The van der Waals surface area contributed by atoms with Gasteiger partial charge in [-0.2, -0.15) is 0 Å². The zero-order valence-electron chi connectivity index (χ0n) is 18.0. The molecule has 1 aromatic heterocycles. The molecule has 0 unspecified atom stereocenters. The SMILES string of the molecule is O=C(CSc1nnc(-c2ccccc2F)n1-c1ccccc1)N(Cc1ccccc1)C1CC1. The number of amides is 1. The number of carbonyl (C=O) groups excluding carboxylic acids is 1. The van der Waals surface area contributed by atoms with Crippen LogP contribution < -0.4 is 0 Å². The topological polar surface area (TPSA) is 51.0 Å². The third-order valence-corrected chi connectivity index (χ3v) is 6.50. The monoisotopic (exact) mass is 458 g/mol. The Hall–Kier alpha value is -3.45. The number of nitrogens with zero attached hydrogens (tertiary/aromatic N) is 4. The van der Waals surface area contributed by atoms with Crippen LogP contribution in [0.3, 0.4) is 0 Å². The third-order valence-electron chi connectivity index (χ3n) is 5.59. The molecule has 3 aromatic carbocycles. The molecule has 0 saturated heterocycles. The maximum Gasteiger partial charge on any atom is 0.233 e. The quantitative estimate of drug-likeness (QED) is 0.334. The molecule has 0 bridgehead atoms. The highest BCUT2D eigenvalue weighted by Gasteiger charge is 2.32. The first-order chi connectivity index (χ1) is 16.2. The first kappa shape index (κ1) is 21.4. The number of para-hydroxylation sites is 1. The summed E-state index contributed by atoms with van der Waals surface area (Å²) in [5, 5.41) is 9.17. The summed E-state index contributed by atoms with van der Waals surface area (Å²) in [7, 11) is 0. The van der Waals surface area contributed by atoms with Crippen LogP contribution in [0, 0.1) is 5.82 Å². The van der Waals surface area contributed by atoms with Crippen molar-refractivity contribution >= 4 is 17.7 Å². The first-order valence-electron chi connectivity index (χ1n) is 10.9. The lowest BCUT2D eigenvalue weighted by atomic mass is 10.2. The average Bonchev–Trinajstić information content (AvgIpc) is 3.61. The Morgan fingerprint density at radius 3 is 2.30 bits per heavy atom. The van der Waals surface area contributed by atoms with E-state index in [0.717, 1.165) is 24.1 Å². The van der Waals surface area contributed by atoms with Crippen LogP contribution in [0.2, 0.25) is 0 Å². The molecule has 1 heterocycles. The second-order valence-electron chi connectivity index (χ2n) is 7.98. The van der Waals surface area contributed by atoms with Crippen LogP contribution in [0.1, 0.15) is 18.4 Å². The van der Waals surface area contributed by atoms with Crippen molar-refractivity contribution in [3.63, 3.8) is 0 Å². The summed E-state index contributed by atoms with van der Waals surface area (Å²) in [6, 6.07) is 26.5. The van der Waals surface area contributed by atoms with Gasteiger partial charge in [-0.05, 0) is 42.7 Å². The molecule has 166 valence electrons. The van der Waals surface area contributed by atoms with Gasteiger partial charge < -0.3 is 4.90 Å². The molecule has 4 aromatic rings. The van der Waals surface area contributed by atoms with E-state index in [1.165, 1.54) is 17.8 Å². The Kier molecular flexibility index (Phi) is 6.21. The fraction of sp³-hybridized carbons (Fsp3) is 0.192. The largest absolute Gasteiger partial charge is 0.335 e. The van der Waals surface area contributed by atoms with Crippen LogP contribution in [-0.2, 0) is 11.3 Å². The van der Waals surface area contributed by atoms with Crippen LogP contribution in [0.15, 0.2) is 90.1 Å². The van der Waals surface area contributed by atoms with E-state index in [-0.39, 0.29) is 17.5 Å². The zero-order valence-corrected chi connectivity index (χ0v) is 18.8. The molecule has 1 aliphatic rings. The Labute approximate surface area is 196 Å². The second-order valence-corrected chi connectivity index (χ2v) is 8.93. The van der Waals surface area contributed by atoms with Crippen molar-refractivity contribution in [2.24, 2.45) is 0 Å². The lowest BCUT2D eigenvalue weighted by molar-refractivity contribution is -0.129. The van der Waals surface area contributed by atoms with E-state index in [0.29, 0.717) is 29.1 Å². The Morgan fingerprint density at radius 2 is 1.61 bits per heavy atom. The van der Waals surface area contributed by atoms with E-state index >= 15 is 0 Å². The maximum atomic E-state index is 14.6. The zero-order chi connectivity index (χ0) is 22.6. The predicted molar refractivity (Wildman–Crippen MR) is 127 cm³/mol. The minimum atomic E-state index is -0.363. The molecular formula is C26H23FN4OS. The van der Waals surface area contributed by atoms with Crippen LogP contribution in [0.25, 0.3) is 17.1 Å². The molecule has 0 N–H and O–H groups in total. The average molecular weight is 459 g/mol. The Bertz CT molecular complexity index is 1240. The van der Waals surface area contributed by atoms with Crippen molar-refractivity contribution in [1.29, 1.82) is 0 Å². The number of hydrogen-bond donors (Lipinski definition) is 0. The number of benzene rings is 3. The minimum absolute atomic E-state index is 0.0707. The fourth-order valence-electron chi connectivity index (χ4n) is 3.79. The van der Waals surface area contributed by atoms with Gasteiger partial charge in [-0.3, -0.25) is 9.36 Å². The summed E-state index contributed by atoms with van der Waals surface area (Å²) in [4.78, 5) is 15.1. The van der Waals surface area contributed by atoms with Gasteiger partial charge in [0.15, 0.2) is 11.0 Å². The molecule has 0 aliphatic heterocycles. The molecule has 1 saturated carbocycles. The van der Waals surface area contributed by atoms with Crippen LogP contribution in [0.5, 0.6) is 0 Å². The summed E-state index contributed by atoms with van der Waals surface area (Å²) in [5.74, 6) is 0.363. The number of rotatable bonds is 8. The van der Waals surface area contributed by atoms with Gasteiger partial charge in [0.2, 0.25) is 5.91 Å². The van der Waals surface area contributed by atoms with Crippen molar-refractivity contribution in [3.05, 3.63) is 96.3 Å². The van der Waals surface area contributed by atoms with Crippen LogP contribution >= 0.6 is 11.8 Å². The van der Waals surface area contributed by atoms with E-state index in [4.69, 9.17) is 0 Å². The van der Waals surface area contributed by atoms with Gasteiger partial charge in [-0.25, -0.2) is 4.39 Å². The predicted octanol–water partition coefficient (Wildman–Crippen LogP) is 5.36. The van der Waals surface area contributed by atoms with E-state index < -0.39 is 0 Å². The number of carbonyl (C=O) groups is 1. The number of halogens is 1. The normalized spacial score (nSPS) is 13.1. The fourth-order valence-corrected chi connectivity index (χ4v) is 4.62. The van der Waals surface area contributed by atoms with Gasteiger partial charge >= 0.3 is 0 Å². The van der Waals surface area contributed by atoms with E-state index in [2.05, 4.69) is 10.2 Å². The van der Waals surface area contributed by atoms with E-state index in [1.807, 2.05) is 70.1 Å². The van der Waals surface area contributed by atoms with Gasteiger partial charge in [0.1, 0.15) is 5.82 Å². The molecule has 1 fully saturated rings. The molecule has 1 aliphatic carbocycles. The van der Waals surface area contributed by atoms with Gasteiger partial charge in [0.25, 0.3) is 0 Å². The maximum absolute atomic E-state index is 14.6. The second kappa shape index (κ2) is 9.58. The number of thioether (sulfide) groups is 1. The first-order valence-corrected chi connectivity index (χ1v) is 11.9. The Balaban J connectivity index is 1.40. The highest BCUT2D eigenvalue weighted by molar-refractivity contribution is 7.99. The molecule has 0 spiro atoms. The standard InChI is InChI=1S/C26H23FN4OS/c27-23-14-8-7-13-22(23)25-28-29-26(31(25)21-11-5-2-6-12-21)33-18-24(32)30(20-15-16-20)17-19-9-3-1-4-10-19/h1-14,20H,15-18H2. The highest BCUT2D eigenvalue weighted by atomic mass is 32.2. The third kappa shape index (κ3) is 4.83. The van der Waals surface area contributed by atoms with E-state index in [1.54, 1.807) is 18.2 Å². The van der Waals surface area contributed by atoms with Crippen LogP contribution in [0.4, 0.5) is 4.39 Å². The van der Waals surface area contributed by atoms with Gasteiger partial charge in [0.05, 0.1) is 11.3 Å². The van der Waals surface area contributed by atoms with E-state index in [9.17, 15) is 9.18 Å². The molecule has 0 radical (unpaired) electrons. The molecule has 5 rings (SSSR count).